The molecule has 1 aliphatic rings. The lowest BCUT2D eigenvalue weighted by Gasteiger charge is -2.26. The van der Waals surface area contributed by atoms with Gasteiger partial charge >= 0.3 is 0 Å². The highest BCUT2D eigenvalue weighted by Gasteiger charge is 2.10. The van der Waals surface area contributed by atoms with Crippen LogP contribution in [0.3, 0.4) is 0 Å². The van der Waals surface area contributed by atoms with E-state index in [2.05, 4.69) is 56.7 Å². The molecule has 1 fully saturated rings. The van der Waals surface area contributed by atoms with E-state index in [-0.39, 0.29) is 0 Å². The average Bonchev–Trinajstić information content (AvgIpc) is 2.77. The summed E-state index contributed by atoms with van der Waals surface area (Å²) in [5.74, 6) is 1.58. The van der Waals surface area contributed by atoms with Crippen LogP contribution in [0.5, 0.6) is 5.75 Å². The van der Waals surface area contributed by atoms with Crippen LogP contribution in [0.1, 0.15) is 37.3 Å². The number of nitrogens with zero attached hydrogens (tertiary/aromatic N) is 3. The SMILES string of the molecule is CCNC(=NCc1ccc(CN2CCCCC2)cc1)NCCOc1cccnc1. The van der Waals surface area contributed by atoms with Crippen molar-refractivity contribution in [2.24, 2.45) is 4.99 Å². The van der Waals surface area contributed by atoms with Crippen molar-refractivity contribution < 1.29 is 4.74 Å². The minimum Gasteiger partial charge on any atom is -0.490 e. The van der Waals surface area contributed by atoms with Crippen LogP contribution >= 0.6 is 0 Å². The van der Waals surface area contributed by atoms with Gasteiger partial charge in [-0.3, -0.25) is 9.88 Å². The van der Waals surface area contributed by atoms with Crippen LogP contribution < -0.4 is 15.4 Å². The van der Waals surface area contributed by atoms with Crippen LogP contribution in [0.2, 0.25) is 0 Å². The molecule has 1 saturated heterocycles. The number of benzene rings is 1. The second kappa shape index (κ2) is 12.1. The minimum absolute atomic E-state index is 0.557. The fourth-order valence-electron chi connectivity index (χ4n) is 3.41. The van der Waals surface area contributed by atoms with Gasteiger partial charge in [-0.05, 0) is 56.1 Å². The Kier molecular flexibility index (Phi) is 8.79. The van der Waals surface area contributed by atoms with Gasteiger partial charge in [0.2, 0.25) is 0 Å². The lowest BCUT2D eigenvalue weighted by atomic mass is 10.1. The number of aromatic nitrogens is 1. The van der Waals surface area contributed by atoms with Gasteiger partial charge in [0.25, 0.3) is 0 Å². The van der Waals surface area contributed by atoms with E-state index in [9.17, 15) is 0 Å². The zero-order chi connectivity index (χ0) is 20.2. The van der Waals surface area contributed by atoms with E-state index < -0.39 is 0 Å². The lowest BCUT2D eigenvalue weighted by molar-refractivity contribution is 0.221. The number of hydrogen-bond acceptors (Lipinski definition) is 4. The summed E-state index contributed by atoms with van der Waals surface area (Å²) in [6, 6.07) is 12.6. The predicted octanol–water partition coefficient (Wildman–Crippen LogP) is 3.20. The standard InChI is InChI=1S/C23H33N5O/c1-2-25-23(26-13-16-29-22-7-6-12-24-18-22)27-17-20-8-10-21(11-9-20)19-28-14-4-3-5-15-28/h6-12,18H,2-5,13-17,19H2,1H3,(H2,25,26,27). The quantitative estimate of drug-likeness (QED) is 0.388. The van der Waals surface area contributed by atoms with Crippen molar-refractivity contribution in [3.63, 3.8) is 0 Å². The molecular weight excluding hydrogens is 362 g/mol. The highest BCUT2D eigenvalue weighted by Crippen LogP contribution is 2.14. The molecule has 0 spiro atoms. The largest absolute Gasteiger partial charge is 0.490 e. The Balaban J connectivity index is 1.43. The maximum Gasteiger partial charge on any atom is 0.191 e. The van der Waals surface area contributed by atoms with Crippen LogP contribution in [0.4, 0.5) is 0 Å². The number of rotatable bonds is 9. The molecule has 0 atom stereocenters. The van der Waals surface area contributed by atoms with Crippen molar-refractivity contribution in [3.8, 4) is 5.75 Å². The van der Waals surface area contributed by atoms with E-state index in [1.165, 1.54) is 43.5 Å². The fourth-order valence-corrected chi connectivity index (χ4v) is 3.41. The van der Waals surface area contributed by atoms with Crippen molar-refractivity contribution >= 4 is 5.96 Å². The summed E-state index contributed by atoms with van der Waals surface area (Å²) in [5, 5.41) is 6.59. The fraction of sp³-hybridized carbons (Fsp3) is 0.478. The molecule has 1 aromatic heterocycles. The van der Waals surface area contributed by atoms with Gasteiger partial charge in [-0.1, -0.05) is 30.7 Å². The van der Waals surface area contributed by atoms with Crippen LogP contribution in [0.25, 0.3) is 0 Å². The Morgan fingerprint density at radius 3 is 2.59 bits per heavy atom. The molecule has 6 heteroatoms. The first-order valence-corrected chi connectivity index (χ1v) is 10.7. The third kappa shape index (κ3) is 7.74. The Hall–Kier alpha value is -2.60. The van der Waals surface area contributed by atoms with E-state index in [1.54, 1.807) is 12.4 Å². The van der Waals surface area contributed by atoms with E-state index in [0.717, 1.165) is 24.8 Å². The first-order valence-electron chi connectivity index (χ1n) is 10.7. The van der Waals surface area contributed by atoms with Gasteiger partial charge in [-0.2, -0.15) is 0 Å². The Morgan fingerprint density at radius 1 is 1.07 bits per heavy atom. The third-order valence-electron chi connectivity index (χ3n) is 4.94. The topological polar surface area (TPSA) is 61.8 Å². The van der Waals surface area contributed by atoms with Crippen LogP contribution in [-0.2, 0) is 13.1 Å². The summed E-state index contributed by atoms with van der Waals surface area (Å²) >= 11 is 0. The van der Waals surface area contributed by atoms with E-state index in [1.807, 2.05) is 12.1 Å². The zero-order valence-electron chi connectivity index (χ0n) is 17.4. The summed E-state index contributed by atoms with van der Waals surface area (Å²) in [6.45, 7) is 8.30. The number of nitrogens with one attached hydrogen (secondary N) is 2. The molecule has 0 amide bonds. The third-order valence-corrected chi connectivity index (χ3v) is 4.94. The number of ether oxygens (including phenoxy) is 1. The van der Waals surface area contributed by atoms with Gasteiger partial charge in [0.15, 0.2) is 5.96 Å². The Morgan fingerprint density at radius 2 is 1.86 bits per heavy atom. The Bertz CT molecular complexity index is 727. The van der Waals surface area contributed by atoms with Gasteiger partial charge in [-0.25, -0.2) is 4.99 Å². The van der Waals surface area contributed by atoms with Crippen molar-refractivity contribution in [2.75, 3.05) is 32.8 Å². The molecule has 0 radical (unpaired) electrons. The first-order chi connectivity index (χ1) is 14.3. The molecule has 1 aliphatic heterocycles. The summed E-state index contributed by atoms with van der Waals surface area (Å²) in [7, 11) is 0. The first kappa shape index (κ1) is 21.1. The van der Waals surface area contributed by atoms with Crippen molar-refractivity contribution in [3.05, 3.63) is 59.9 Å². The average molecular weight is 396 g/mol. The summed E-state index contributed by atoms with van der Waals surface area (Å²) in [6.07, 6.45) is 7.50. The second-order valence-electron chi connectivity index (χ2n) is 7.31. The van der Waals surface area contributed by atoms with Gasteiger partial charge in [0, 0.05) is 19.3 Å². The molecule has 3 rings (SSSR count). The second-order valence-corrected chi connectivity index (χ2v) is 7.31. The Labute approximate surface area is 174 Å². The maximum absolute atomic E-state index is 5.66. The van der Waals surface area contributed by atoms with Gasteiger partial charge < -0.3 is 15.4 Å². The van der Waals surface area contributed by atoms with Crippen LogP contribution in [-0.4, -0.2) is 48.6 Å². The van der Waals surface area contributed by atoms with Crippen molar-refractivity contribution in [1.29, 1.82) is 0 Å². The highest BCUT2D eigenvalue weighted by molar-refractivity contribution is 5.79. The summed E-state index contributed by atoms with van der Waals surface area (Å²) in [5.41, 5.74) is 2.61. The molecule has 29 heavy (non-hydrogen) atoms. The minimum atomic E-state index is 0.557. The number of guanidine groups is 1. The van der Waals surface area contributed by atoms with E-state index in [4.69, 9.17) is 4.74 Å². The van der Waals surface area contributed by atoms with Gasteiger partial charge in [0.1, 0.15) is 12.4 Å². The smallest absolute Gasteiger partial charge is 0.191 e. The number of aliphatic imine (C=N–C) groups is 1. The van der Waals surface area contributed by atoms with Gasteiger partial charge in [-0.15, -0.1) is 0 Å². The highest BCUT2D eigenvalue weighted by atomic mass is 16.5. The summed E-state index contributed by atoms with van der Waals surface area (Å²) < 4.78 is 5.66. The summed E-state index contributed by atoms with van der Waals surface area (Å²) in [4.78, 5) is 11.3. The zero-order valence-corrected chi connectivity index (χ0v) is 17.4. The maximum atomic E-state index is 5.66. The number of piperidine rings is 1. The van der Waals surface area contributed by atoms with Crippen molar-refractivity contribution in [1.82, 2.24) is 20.5 Å². The predicted molar refractivity (Wildman–Crippen MR) is 118 cm³/mol. The monoisotopic (exact) mass is 395 g/mol. The van der Waals surface area contributed by atoms with E-state index in [0.29, 0.717) is 19.7 Å². The van der Waals surface area contributed by atoms with E-state index >= 15 is 0 Å². The van der Waals surface area contributed by atoms with Gasteiger partial charge in [0.05, 0.1) is 19.3 Å². The molecular formula is C23H33N5O. The molecule has 0 bridgehead atoms. The molecule has 0 unspecified atom stereocenters. The molecule has 2 aromatic rings. The number of pyridine rings is 1. The molecule has 0 saturated carbocycles. The molecule has 6 nitrogen and oxygen atoms in total. The van der Waals surface area contributed by atoms with Crippen LogP contribution in [0.15, 0.2) is 53.8 Å². The molecule has 0 aliphatic carbocycles. The molecule has 1 aromatic carbocycles. The lowest BCUT2D eigenvalue weighted by Crippen LogP contribution is -2.39. The molecule has 156 valence electrons. The van der Waals surface area contributed by atoms with Crippen molar-refractivity contribution in [2.45, 2.75) is 39.3 Å². The number of hydrogen-bond donors (Lipinski definition) is 2. The molecule has 2 heterocycles. The normalized spacial score (nSPS) is 15.1. The number of likely N-dealkylation sites (tertiary alicyclic amines) is 1. The molecule has 2 N–H and O–H groups in total. The van der Waals surface area contributed by atoms with Crippen LogP contribution in [0, 0.1) is 0 Å².